The highest BCUT2D eigenvalue weighted by atomic mass is 16.7. The maximum absolute atomic E-state index is 12.5. The fraction of sp³-hybridized carbons (Fsp3) is 0.348. The molecule has 164 valence electrons. The summed E-state index contributed by atoms with van der Waals surface area (Å²) in [6.07, 6.45) is -0.382. The van der Waals surface area contributed by atoms with E-state index in [1.54, 1.807) is 0 Å². The molecule has 1 atom stereocenters. The number of carboxylic acid groups (broad SMARTS) is 1. The number of carboxylic acids is 1. The normalized spacial score (nSPS) is 13.3. The quantitative estimate of drug-likeness (QED) is 0.531. The van der Waals surface area contributed by atoms with Crippen molar-refractivity contribution in [3.63, 3.8) is 0 Å². The van der Waals surface area contributed by atoms with Crippen molar-refractivity contribution >= 4 is 18.0 Å². The van der Waals surface area contributed by atoms with Crippen molar-refractivity contribution in [1.29, 1.82) is 0 Å². The first kappa shape index (κ1) is 22.3. The zero-order chi connectivity index (χ0) is 22.4. The molecule has 0 radical (unpaired) electrons. The first-order chi connectivity index (χ1) is 14.9. The monoisotopic (exact) mass is 426 g/mol. The lowest BCUT2D eigenvalue weighted by Crippen LogP contribution is -2.48. The molecule has 3 N–H and O–H groups in total. The van der Waals surface area contributed by atoms with Gasteiger partial charge in [-0.3, -0.25) is 9.63 Å². The van der Waals surface area contributed by atoms with Gasteiger partial charge < -0.3 is 15.2 Å². The van der Waals surface area contributed by atoms with Crippen molar-refractivity contribution in [2.24, 2.45) is 5.92 Å². The molecular formula is C23H26N2O6. The van der Waals surface area contributed by atoms with Crippen LogP contribution in [0.25, 0.3) is 11.1 Å². The predicted octanol–water partition coefficient (Wildman–Crippen LogP) is 3.07. The van der Waals surface area contributed by atoms with Crippen molar-refractivity contribution < 1.29 is 29.1 Å². The number of amides is 2. The van der Waals surface area contributed by atoms with E-state index in [2.05, 4.69) is 15.6 Å². The summed E-state index contributed by atoms with van der Waals surface area (Å²) in [6.45, 7) is 3.26. The molecule has 0 heterocycles. The minimum atomic E-state index is -1.22. The van der Waals surface area contributed by atoms with Gasteiger partial charge in [0.05, 0.1) is 0 Å². The molecule has 0 spiro atoms. The fourth-order valence-corrected chi connectivity index (χ4v) is 3.73. The fourth-order valence-electron chi connectivity index (χ4n) is 3.73. The van der Waals surface area contributed by atoms with Crippen LogP contribution < -0.4 is 10.8 Å². The van der Waals surface area contributed by atoms with Crippen LogP contribution in [0, 0.1) is 5.92 Å². The zero-order valence-electron chi connectivity index (χ0n) is 17.5. The molecule has 0 fully saturated rings. The van der Waals surface area contributed by atoms with E-state index in [0.29, 0.717) is 6.42 Å². The summed E-state index contributed by atoms with van der Waals surface area (Å²) in [7, 11) is 0. The molecule has 31 heavy (non-hydrogen) atoms. The van der Waals surface area contributed by atoms with Gasteiger partial charge >= 0.3 is 12.1 Å². The largest absolute Gasteiger partial charge is 0.479 e. The Morgan fingerprint density at radius 2 is 1.58 bits per heavy atom. The minimum absolute atomic E-state index is 0.0885. The van der Waals surface area contributed by atoms with Crippen molar-refractivity contribution in [3.05, 3.63) is 59.7 Å². The average Bonchev–Trinajstić information content (AvgIpc) is 3.05. The Kier molecular flexibility index (Phi) is 7.25. The standard InChI is InChI=1S/C23H26N2O6/c1-14(2)11-20(22(28)25-31-13-21(26)27)24-23(29)30-12-19-17-9-5-3-7-15(17)16-8-4-6-10-18(16)19/h3-10,14,19-20H,11-13H2,1-2H3,(H,24,29)(H,25,28)(H,26,27)/t20-/m0/s1. The molecule has 0 bridgehead atoms. The third kappa shape index (κ3) is 5.61. The number of benzene rings is 2. The van der Waals surface area contributed by atoms with Crippen LogP contribution in [-0.2, 0) is 19.2 Å². The summed E-state index contributed by atoms with van der Waals surface area (Å²) >= 11 is 0. The minimum Gasteiger partial charge on any atom is -0.479 e. The van der Waals surface area contributed by atoms with E-state index in [4.69, 9.17) is 9.84 Å². The van der Waals surface area contributed by atoms with Gasteiger partial charge in [-0.1, -0.05) is 62.4 Å². The highest BCUT2D eigenvalue weighted by Gasteiger charge is 2.30. The molecule has 0 aromatic heterocycles. The number of hydrogen-bond acceptors (Lipinski definition) is 5. The number of carbonyl (C=O) groups is 3. The first-order valence-corrected chi connectivity index (χ1v) is 10.1. The number of rotatable bonds is 9. The van der Waals surface area contributed by atoms with Gasteiger partial charge in [0, 0.05) is 5.92 Å². The first-order valence-electron chi connectivity index (χ1n) is 10.1. The van der Waals surface area contributed by atoms with Crippen LogP contribution in [0.5, 0.6) is 0 Å². The number of carbonyl (C=O) groups excluding carboxylic acids is 2. The summed E-state index contributed by atoms with van der Waals surface area (Å²) < 4.78 is 5.48. The van der Waals surface area contributed by atoms with Gasteiger partial charge in [0.15, 0.2) is 6.61 Å². The highest BCUT2D eigenvalue weighted by Crippen LogP contribution is 2.44. The molecule has 1 aliphatic rings. The van der Waals surface area contributed by atoms with E-state index >= 15 is 0 Å². The van der Waals surface area contributed by atoms with Crippen LogP contribution in [0.1, 0.15) is 37.3 Å². The van der Waals surface area contributed by atoms with Crippen LogP contribution in [0.15, 0.2) is 48.5 Å². The number of alkyl carbamates (subject to hydrolysis) is 1. The number of aliphatic carboxylic acids is 1. The Bertz CT molecular complexity index is 913. The molecular weight excluding hydrogens is 400 g/mol. The number of fused-ring (bicyclic) bond motifs is 3. The topological polar surface area (TPSA) is 114 Å². The Morgan fingerprint density at radius 1 is 1.00 bits per heavy atom. The van der Waals surface area contributed by atoms with Crippen LogP contribution in [0.2, 0.25) is 0 Å². The predicted molar refractivity (Wildman–Crippen MR) is 113 cm³/mol. The maximum Gasteiger partial charge on any atom is 0.407 e. The second kappa shape index (κ2) is 10.1. The molecule has 0 aliphatic heterocycles. The van der Waals surface area contributed by atoms with Gasteiger partial charge in [0.1, 0.15) is 12.6 Å². The van der Waals surface area contributed by atoms with Crippen molar-refractivity contribution in [1.82, 2.24) is 10.8 Å². The lowest BCUT2D eigenvalue weighted by Gasteiger charge is -2.20. The number of hydroxylamine groups is 1. The smallest absolute Gasteiger partial charge is 0.407 e. The third-order valence-electron chi connectivity index (χ3n) is 5.03. The maximum atomic E-state index is 12.5. The van der Waals surface area contributed by atoms with Gasteiger partial charge in [-0.05, 0) is 34.6 Å². The number of hydrogen-bond donors (Lipinski definition) is 3. The molecule has 3 rings (SSSR count). The van der Waals surface area contributed by atoms with Crippen molar-refractivity contribution in [2.75, 3.05) is 13.2 Å². The summed E-state index contributed by atoms with van der Waals surface area (Å²) in [6, 6.07) is 15.1. The molecule has 0 saturated heterocycles. The molecule has 2 amide bonds. The third-order valence-corrected chi connectivity index (χ3v) is 5.03. The second-order valence-corrected chi connectivity index (χ2v) is 7.80. The Morgan fingerprint density at radius 3 is 2.13 bits per heavy atom. The molecule has 8 nitrogen and oxygen atoms in total. The molecule has 8 heteroatoms. The molecule has 1 aliphatic carbocycles. The summed E-state index contributed by atoms with van der Waals surface area (Å²) in [4.78, 5) is 39.9. The van der Waals surface area contributed by atoms with Crippen LogP contribution in [0.4, 0.5) is 4.79 Å². The average molecular weight is 426 g/mol. The lowest BCUT2D eigenvalue weighted by molar-refractivity contribution is -0.150. The van der Waals surface area contributed by atoms with Crippen LogP contribution >= 0.6 is 0 Å². The molecule has 2 aromatic rings. The summed E-state index contributed by atoms with van der Waals surface area (Å²) in [5.41, 5.74) is 6.49. The van der Waals surface area contributed by atoms with E-state index in [9.17, 15) is 14.4 Å². The van der Waals surface area contributed by atoms with E-state index in [0.717, 1.165) is 22.3 Å². The van der Waals surface area contributed by atoms with Crippen LogP contribution in [-0.4, -0.2) is 42.3 Å². The van der Waals surface area contributed by atoms with Crippen LogP contribution in [0.3, 0.4) is 0 Å². The van der Waals surface area contributed by atoms with Gasteiger partial charge in [0.2, 0.25) is 0 Å². The summed E-state index contributed by atoms with van der Waals surface area (Å²) in [5, 5.41) is 11.2. The Balaban J connectivity index is 1.62. The van der Waals surface area contributed by atoms with Gasteiger partial charge in [0.25, 0.3) is 5.91 Å². The van der Waals surface area contributed by atoms with Gasteiger partial charge in [-0.25, -0.2) is 15.1 Å². The van der Waals surface area contributed by atoms with Gasteiger partial charge in [-0.15, -0.1) is 0 Å². The Labute approximate surface area is 180 Å². The molecule has 2 aromatic carbocycles. The van der Waals surface area contributed by atoms with E-state index in [-0.39, 0.29) is 18.4 Å². The molecule has 0 unspecified atom stereocenters. The number of ether oxygens (including phenoxy) is 1. The molecule has 0 saturated carbocycles. The zero-order valence-corrected chi connectivity index (χ0v) is 17.5. The number of nitrogens with one attached hydrogen (secondary N) is 2. The van der Waals surface area contributed by atoms with Crippen molar-refractivity contribution in [2.45, 2.75) is 32.2 Å². The van der Waals surface area contributed by atoms with E-state index < -0.39 is 30.6 Å². The second-order valence-electron chi connectivity index (χ2n) is 7.80. The lowest BCUT2D eigenvalue weighted by atomic mass is 9.98. The van der Waals surface area contributed by atoms with E-state index in [1.165, 1.54) is 0 Å². The SMILES string of the molecule is CC(C)C[C@H](NC(=O)OCC1c2ccccc2-c2ccccc21)C(=O)NOCC(=O)O. The Hall–Kier alpha value is -3.39. The summed E-state index contributed by atoms with van der Waals surface area (Å²) in [5.74, 6) is -1.84. The van der Waals surface area contributed by atoms with E-state index in [1.807, 2.05) is 62.4 Å². The van der Waals surface area contributed by atoms with Gasteiger partial charge in [-0.2, -0.15) is 0 Å². The highest BCUT2D eigenvalue weighted by molar-refractivity contribution is 5.85. The van der Waals surface area contributed by atoms with Crippen molar-refractivity contribution in [3.8, 4) is 11.1 Å².